The minimum atomic E-state index is -4.12. The molecule has 0 bridgehead atoms. The number of hydrogen-bond donors (Lipinski definition) is 1. The molecule has 3 rings (SSSR count). The number of carbonyl (C=O) groups excluding carboxylic acids is 2. The van der Waals surface area contributed by atoms with Crippen molar-refractivity contribution < 1.29 is 27.5 Å². The van der Waals surface area contributed by atoms with Crippen LogP contribution in [0.2, 0.25) is 0 Å². The van der Waals surface area contributed by atoms with Crippen molar-refractivity contribution in [1.82, 2.24) is 10.2 Å². The Balaban J connectivity index is 2.03. The third-order valence-electron chi connectivity index (χ3n) is 6.19. The molecule has 0 fully saturated rings. The first-order valence-electron chi connectivity index (χ1n) is 12.7. The molecule has 1 N–H and O–H groups in total. The first-order valence-corrected chi connectivity index (χ1v) is 14.1. The van der Waals surface area contributed by atoms with Gasteiger partial charge in [-0.25, -0.2) is 8.42 Å². The van der Waals surface area contributed by atoms with Gasteiger partial charge in [0.15, 0.2) is 0 Å². The second-order valence-corrected chi connectivity index (χ2v) is 10.5. The molecule has 1 atom stereocenters. The number of nitrogens with one attached hydrogen (secondary N) is 1. The number of sulfonamides is 1. The first-order chi connectivity index (χ1) is 18.7. The Morgan fingerprint density at radius 2 is 1.51 bits per heavy atom. The Morgan fingerprint density at radius 1 is 0.897 bits per heavy atom. The van der Waals surface area contributed by atoms with Gasteiger partial charge in [-0.05, 0) is 67.4 Å². The van der Waals surface area contributed by atoms with Crippen LogP contribution in [0.15, 0.2) is 83.8 Å². The van der Waals surface area contributed by atoms with Gasteiger partial charge in [-0.1, -0.05) is 37.3 Å². The highest BCUT2D eigenvalue weighted by Crippen LogP contribution is 2.27. The van der Waals surface area contributed by atoms with Crippen LogP contribution in [0.4, 0.5) is 5.69 Å². The molecule has 208 valence electrons. The van der Waals surface area contributed by atoms with Crippen LogP contribution in [0.1, 0.15) is 25.8 Å². The zero-order chi connectivity index (χ0) is 28.4. The van der Waals surface area contributed by atoms with Crippen LogP contribution in [0.3, 0.4) is 0 Å². The third kappa shape index (κ3) is 7.29. The van der Waals surface area contributed by atoms with Gasteiger partial charge >= 0.3 is 0 Å². The summed E-state index contributed by atoms with van der Waals surface area (Å²) in [5, 5.41) is 2.62. The molecule has 0 saturated carbocycles. The SMILES string of the molecule is CCOc1ccc(N(CC(=O)N(Cc2ccc(OC)cc2)C(CC)C(=O)NC)S(=O)(=O)c2ccccc2)cc1. The maximum Gasteiger partial charge on any atom is 0.264 e. The highest BCUT2D eigenvalue weighted by molar-refractivity contribution is 7.92. The number of nitrogens with zero attached hydrogens (tertiary/aromatic N) is 2. The number of rotatable bonds is 13. The second kappa shape index (κ2) is 13.7. The van der Waals surface area contributed by atoms with E-state index in [-0.39, 0.29) is 17.3 Å². The lowest BCUT2D eigenvalue weighted by atomic mass is 10.1. The predicted octanol–water partition coefficient (Wildman–Crippen LogP) is 3.84. The molecule has 0 saturated heterocycles. The maximum absolute atomic E-state index is 13.9. The molecule has 3 aromatic rings. The van der Waals surface area contributed by atoms with Gasteiger partial charge in [0.25, 0.3) is 10.0 Å². The van der Waals surface area contributed by atoms with Gasteiger partial charge in [0, 0.05) is 13.6 Å². The zero-order valence-corrected chi connectivity index (χ0v) is 23.5. The molecular formula is C29H35N3O6S. The number of amides is 2. The van der Waals surface area contributed by atoms with Crippen molar-refractivity contribution in [3.8, 4) is 11.5 Å². The van der Waals surface area contributed by atoms with E-state index in [0.717, 1.165) is 9.87 Å². The van der Waals surface area contributed by atoms with Gasteiger partial charge in [-0.3, -0.25) is 13.9 Å². The van der Waals surface area contributed by atoms with Gasteiger partial charge in [0.05, 0.1) is 24.3 Å². The summed E-state index contributed by atoms with van der Waals surface area (Å²) in [4.78, 5) is 28.2. The minimum absolute atomic E-state index is 0.0479. The first kappa shape index (κ1) is 29.5. The summed E-state index contributed by atoms with van der Waals surface area (Å²) in [5.41, 5.74) is 1.07. The lowest BCUT2D eigenvalue weighted by Crippen LogP contribution is -2.51. The van der Waals surface area contributed by atoms with E-state index in [2.05, 4.69) is 5.32 Å². The molecule has 39 heavy (non-hydrogen) atoms. The Kier molecular flexibility index (Phi) is 10.3. The second-order valence-electron chi connectivity index (χ2n) is 8.66. The fraction of sp³-hybridized carbons (Fsp3) is 0.310. The van der Waals surface area contributed by atoms with Gasteiger partial charge in [-0.2, -0.15) is 0 Å². The fourth-order valence-corrected chi connectivity index (χ4v) is 5.57. The largest absolute Gasteiger partial charge is 0.497 e. The van der Waals surface area contributed by atoms with Crippen molar-refractivity contribution in [3.63, 3.8) is 0 Å². The quantitative estimate of drug-likeness (QED) is 0.345. The molecule has 0 heterocycles. The van der Waals surface area contributed by atoms with E-state index in [0.29, 0.717) is 30.2 Å². The summed E-state index contributed by atoms with van der Waals surface area (Å²) in [6.07, 6.45) is 0.343. The summed E-state index contributed by atoms with van der Waals surface area (Å²) in [6.45, 7) is 3.72. The van der Waals surface area contributed by atoms with E-state index in [1.807, 2.05) is 6.92 Å². The van der Waals surface area contributed by atoms with E-state index in [4.69, 9.17) is 9.47 Å². The summed E-state index contributed by atoms with van der Waals surface area (Å²) in [6, 6.07) is 20.8. The Bertz CT molecular complexity index is 1330. The maximum atomic E-state index is 13.9. The Morgan fingerprint density at radius 3 is 2.05 bits per heavy atom. The van der Waals surface area contributed by atoms with Gasteiger partial charge < -0.3 is 19.7 Å². The van der Waals surface area contributed by atoms with Crippen molar-refractivity contribution in [2.24, 2.45) is 0 Å². The Labute approximate surface area is 230 Å². The number of hydrogen-bond acceptors (Lipinski definition) is 6. The van der Waals surface area contributed by atoms with Crippen molar-refractivity contribution in [3.05, 3.63) is 84.4 Å². The van der Waals surface area contributed by atoms with Crippen LogP contribution in [-0.2, 0) is 26.2 Å². The number of methoxy groups -OCH3 is 1. The molecule has 0 aliphatic carbocycles. The normalized spacial score (nSPS) is 11.8. The Hall–Kier alpha value is -4.05. The summed E-state index contributed by atoms with van der Waals surface area (Å²) in [5.74, 6) is 0.384. The minimum Gasteiger partial charge on any atom is -0.497 e. The van der Waals surface area contributed by atoms with Crippen LogP contribution in [0.25, 0.3) is 0 Å². The lowest BCUT2D eigenvalue weighted by Gasteiger charge is -2.33. The average Bonchev–Trinajstić information content (AvgIpc) is 2.96. The number of likely N-dealkylation sites (N-methyl/N-ethyl adjacent to an activating group) is 1. The molecule has 0 radical (unpaired) electrons. The highest BCUT2D eigenvalue weighted by Gasteiger charge is 2.33. The van der Waals surface area contributed by atoms with E-state index in [1.165, 1.54) is 24.1 Å². The van der Waals surface area contributed by atoms with E-state index >= 15 is 0 Å². The summed E-state index contributed by atoms with van der Waals surface area (Å²) < 4.78 is 39.4. The molecule has 3 aromatic carbocycles. The molecule has 10 heteroatoms. The zero-order valence-electron chi connectivity index (χ0n) is 22.7. The lowest BCUT2D eigenvalue weighted by molar-refractivity contribution is -0.140. The summed E-state index contributed by atoms with van der Waals surface area (Å²) in [7, 11) is -1.05. The molecule has 0 aliphatic heterocycles. The van der Waals surface area contributed by atoms with E-state index < -0.39 is 28.5 Å². The van der Waals surface area contributed by atoms with Crippen LogP contribution in [0.5, 0.6) is 11.5 Å². The van der Waals surface area contributed by atoms with Crippen molar-refractivity contribution in [2.75, 3.05) is 31.6 Å². The molecule has 9 nitrogen and oxygen atoms in total. The average molecular weight is 554 g/mol. The van der Waals surface area contributed by atoms with E-state index in [9.17, 15) is 18.0 Å². The number of benzene rings is 3. The predicted molar refractivity (Wildman–Crippen MR) is 150 cm³/mol. The van der Waals surface area contributed by atoms with Crippen molar-refractivity contribution >= 4 is 27.5 Å². The van der Waals surface area contributed by atoms with Crippen molar-refractivity contribution in [1.29, 1.82) is 0 Å². The van der Waals surface area contributed by atoms with Gasteiger partial charge in [0.2, 0.25) is 11.8 Å². The van der Waals surface area contributed by atoms with Crippen LogP contribution >= 0.6 is 0 Å². The number of carbonyl (C=O) groups is 2. The van der Waals surface area contributed by atoms with Gasteiger partial charge in [0.1, 0.15) is 24.1 Å². The van der Waals surface area contributed by atoms with Crippen LogP contribution < -0.4 is 19.1 Å². The molecule has 0 aliphatic rings. The monoisotopic (exact) mass is 553 g/mol. The number of ether oxygens (including phenoxy) is 2. The number of anilines is 1. The molecule has 1 unspecified atom stereocenters. The van der Waals surface area contributed by atoms with Crippen LogP contribution in [0, 0.1) is 0 Å². The topological polar surface area (TPSA) is 105 Å². The van der Waals surface area contributed by atoms with Gasteiger partial charge in [-0.15, -0.1) is 0 Å². The van der Waals surface area contributed by atoms with Crippen molar-refractivity contribution in [2.45, 2.75) is 37.8 Å². The molecule has 2 amide bonds. The van der Waals surface area contributed by atoms with Crippen LogP contribution in [-0.4, -0.2) is 58.5 Å². The fourth-order valence-electron chi connectivity index (χ4n) is 4.14. The summed E-state index contributed by atoms with van der Waals surface area (Å²) >= 11 is 0. The molecule has 0 aromatic heterocycles. The molecular weight excluding hydrogens is 518 g/mol. The highest BCUT2D eigenvalue weighted by atomic mass is 32.2. The standard InChI is InChI=1S/C29H35N3O6S/c1-5-27(29(34)30-3)31(20-22-12-16-24(37-4)17-13-22)28(33)21-32(23-14-18-25(19-15-23)38-6-2)39(35,36)26-10-8-7-9-11-26/h7-19,27H,5-6,20-21H2,1-4H3,(H,30,34). The third-order valence-corrected chi connectivity index (χ3v) is 7.98. The van der Waals surface area contributed by atoms with E-state index in [1.54, 1.807) is 80.8 Å². The molecule has 0 spiro atoms. The smallest absolute Gasteiger partial charge is 0.264 e.